The molecule has 0 aliphatic heterocycles. The van der Waals surface area contributed by atoms with Crippen molar-refractivity contribution in [1.82, 2.24) is 5.32 Å². The lowest BCUT2D eigenvalue weighted by Crippen LogP contribution is -2.46. The Morgan fingerprint density at radius 3 is 2.58 bits per heavy atom. The summed E-state index contributed by atoms with van der Waals surface area (Å²) in [6.45, 7) is 1.62. The van der Waals surface area contributed by atoms with Crippen molar-refractivity contribution >= 4 is 0 Å². The summed E-state index contributed by atoms with van der Waals surface area (Å²) in [5, 5.41) is 3.61. The lowest BCUT2D eigenvalue weighted by Gasteiger charge is -2.33. The smallest absolute Gasteiger partial charge is 0.0805 e. The Labute approximate surface area is 116 Å². The van der Waals surface area contributed by atoms with Crippen LogP contribution in [-0.2, 0) is 4.74 Å². The van der Waals surface area contributed by atoms with Gasteiger partial charge in [-0.2, -0.15) is 0 Å². The summed E-state index contributed by atoms with van der Waals surface area (Å²) in [5.41, 5.74) is 1.09. The molecule has 0 bridgehead atoms. The molecule has 2 rings (SSSR count). The predicted molar refractivity (Wildman–Crippen MR) is 79.0 cm³/mol. The molecule has 0 atom stereocenters. The summed E-state index contributed by atoms with van der Waals surface area (Å²) >= 11 is 0. The number of benzene rings is 1. The predicted octanol–water partition coefficient (Wildman–Crippen LogP) is 2.98. The summed E-state index contributed by atoms with van der Waals surface area (Å²) in [7, 11) is 1.74. The van der Waals surface area contributed by atoms with Gasteiger partial charge in [0.15, 0.2) is 0 Å². The van der Waals surface area contributed by atoms with Crippen LogP contribution < -0.4 is 5.32 Å². The maximum atomic E-state index is 5.13. The third kappa shape index (κ3) is 4.38. The molecular weight excluding hydrogens is 234 g/mol. The lowest BCUT2D eigenvalue weighted by atomic mass is 9.82. The highest BCUT2D eigenvalue weighted by molar-refractivity contribution is 5.36. The van der Waals surface area contributed by atoms with Crippen LogP contribution in [0.4, 0.5) is 0 Å². The standard InChI is InChI=1S/C17H23NO/c1-19-15-14-18-17(11-6-3-7-12-17)13-10-16-8-4-2-5-9-16/h2,4-5,8-9,18H,3,6-7,11-12,14-15H2,1H3. The Bertz CT molecular complexity index is 424. The molecule has 1 aliphatic rings. The van der Waals surface area contributed by atoms with Gasteiger partial charge in [-0.05, 0) is 25.0 Å². The fraction of sp³-hybridized carbons (Fsp3) is 0.529. The maximum Gasteiger partial charge on any atom is 0.0805 e. The molecule has 0 spiro atoms. The third-order valence-corrected chi connectivity index (χ3v) is 3.70. The first kappa shape index (κ1) is 14.1. The Hall–Kier alpha value is -1.30. The van der Waals surface area contributed by atoms with E-state index >= 15 is 0 Å². The molecule has 0 heterocycles. The van der Waals surface area contributed by atoms with Gasteiger partial charge in [-0.1, -0.05) is 49.3 Å². The largest absolute Gasteiger partial charge is 0.383 e. The molecule has 19 heavy (non-hydrogen) atoms. The second-order valence-corrected chi connectivity index (χ2v) is 5.18. The van der Waals surface area contributed by atoms with E-state index in [1.54, 1.807) is 7.11 Å². The van der Waals surface area contributed by atoms with E-state index in [1.807, 2.05) is 18.2 Å². The quantitative estimate of drug-likeness (QED) is 0.661. The number of methoxy groups -OCH3 is 1. The minimum atomic E-state index is -0.00732. The highest BCUT2D eigenvalue weighted by Gasteiger charge is 2.29. The zero-order valence-corrected chi connectivity index (χ0v) is 11.7. The van der Waals surface area contributed by atoms with Gasteiger partial charge in [0, 0.05) is 19.2 Å². The van der Waals surface area contributed by atoms with Crippen molar-refractivity contribution in [3.63, 3.8) is 0 Å². The normalized spacial score (nSPS) is 17.5. The molecule has 0 unspecified atom stereocenters. The van der Waals surface area contributed by atoms with Crippen molar-refractivity contribution in [2.45, 2.75) is 37.6 Å². The van der Waals surface area contributed by atoms with Gasteiger partial charge in [-0.15, -0.1) is 0 Å². The summed E-state index contributed by atoms with van der Waals surface area (Å²) in [5.74, 6) is 6.82. The van der Waals surface area contributed by atoms with E-state index < -0.39 is 0 Å². The van der Waals surface area contributed by atoms with Gasteiger partial charge in [0.05, 0.1) is 12.1 Å². The molecule has 2 nitrogen and oxygen atoms in total. The summed E-state index contributed by atoms with van der Waals surface area (Å²) in [4.78, 5) is 0. The minimum absolute atomic E-state index is 0.00732. The Morgan fingerprint density at radius 1 is 1.16 bits per heavy atom. The van der Waals surface area contributed by atoms with Gasteiger partial charge in [0.25, 0.3) is 0 Å². The van der Waals surface area contributed by atoms with E-state index in [0.717, 1.165) is 31.6 Å². The molecule has 0 saturated heterocycles. The number of hydrogen-bond acceptors (Lipinski definition) is 2. The Kier molecular flexibility index (Phi) is 5.44. The monoisotopic (exact) mass is 257 g/mol. The molecule has 0 radical (unpaired) electrons. The van der Waals surface area contributed by atoms with Gasteiger partial charge < -0.3 is 4.74 Å². The van der Waals surface area contributed by atoms with Gasteiger partial charge in [-0.3, -0.25) is 5.32 Å². The van der Waals surface area contributed by atoms with Crippen molar-refractivity contribution in [1.29, 1.82) is 0 Å². The first-order valence-corrected chi connectivity index (χ1v) is 7.17. The molecular formula is C17H23NO. The first-order valence-electron chi connectivity index (χ1n) is 7.17. The topological polar surface area (TPSA) is 21.3 Å². The zero-order valence-electron chi connectivity index (χ0n) is 11.7. The Balaban J connectivity index is 2.07. The maximum absolute atomic E-state index is 5.13. The van der Waals surface area contributed by atoms with Gasteiger partial charge >= 0.3 is 0 Å². The van der Waals surface area contributed by atoms with E-state index in [9.17, 15) is 0 Å². The summed E-state index contributed by atoms with van der Waals surface area (Å²) in [6.07, 6.45) is 6.17. The molecule has 102 valence electrons. The minimum Gasteiger partial charge on any atom is -0.383 e. The van der Waals surface area contributed by atoms with Crippen molar-refractivity contribution in [3.8, 4) is 11.8 Å². The van der Waals surface area contributed by atoms with Gasteiger partial charge in [0.2, 0.25) is 0 Å². The average molecular weight is 257 g/mol. The lowest BCUT2D eigenvalue weighted by molar-refractivity contribution is 0.183. The summed E-state index contributed by atoms with van der Waals surface area (Å²) in [6, 6.07) is 10.2. The fourth-order valence-corrected chi connectivity index (χ4v) is 2.61. The molecule has 1 N–H and O–H groups in total. The fourth-order valence-electron chi connectivity index (χ4n) is 2.61. The van der Waals surface area contributed by atoms with Crippen LogP contribution >= 0.6 is 0 Å². The SMILES string of the molecule is COCCNC1(C#Cc2ccccc2)CCCCC1. The highest BCUT2D eigenvalue weighted by atomic mass is 16.5. The molecule has 1 aromatic carbocycles. The van der Waals surface area contributed by atoms with Crippen molar-refractivity contribution in [3.05, 3.63) is 35.9 Å². The molecule has 0 aromatic heterocycles. The molecule has 1 aliphatic carbocycles. The Morgan fingerprint density at radius 2 is 1.89 bits per heavy atom. The van der Waals surface area contributed by atoms with Crippen molar-refractivity contribution < 1.29 is 4.74 Å². The van der Waals surface area contributed by atoms with Crippen molar-refractivity contribution in [2.24, 2.45) is 0 Å². The average Bonchev–Trinajstić information content (AvgIpc) is 2.48. The second-order valence-electron chi connectivity index (χ2n) is 5.18. The van der Waals surface area contributed by atoms with Crippen LogP contribution in [0.2, 0.25) is 0 Å². The van der Waals surface area contributed by atoms with Crippen LogP contribution in [0.3, 0.4) is 0 Å². The van der Waals surface area contributed by atoms with Crippen molar-refractivity contribution in [2.75, 3.05) is 20.3 Å². The number of rotatable bonds is 4. The van der Waals surface area contributed by atoms with Crippen LogP contribution in [0.15, 0.2) is 30.3 Å². The van der Waals surface area contributed by atoms with E-state index in [0.29, 0.717) is 0 Å². The van der Waals surface area contributed by atoms with Crippen LogP contribution in [0.1, 0.15) is 37.7 Å². The third-order valence-electron chi connectivity index (χ3n) is 3.70. The van der Waals surface area contributed by atoms with E-state index in [4.69, 9.17) is 4.74 Å². The number of ether oxygens (including phenoxy) is 1. The molecule has 1 saturated carbocycles. The number of hydrogen-bond donors (Lipinski definition) is 1. The molecule has 0 amide bonds. The van der Waals surface area contributed by atoms with Crippen LogP contribution in [-0.4, -0.2) is 25.8 Å². The zero-order chi connectivity index (χ0) is 13.4. The van der Waals surface area contributed by atoms with Crippen LogP contribution in [0.5, 0.6) is 0 Å². The van der Waals surface area contributed by atoms with Gasteiger partial charge in [0.1, 0.15) is 0 Å². The van der Waals surface area contributed by atoms with Gasteiger partial charge in [-0.25, -0.2) is 0 Å². The van der Waals surface area contributed by atoms with Crippen LogP contribution in [0.25, 0.3) is 0 Å². The molecule has 1 aromatic rings. The second kappa shape index (κ2) is 7.33. The molecule has 2 heteroatoms. The highest BCUT2D eigenvalue weighted by Crippen LogP contribution is 2.27. The summed E-state index contributed by atoms with van der Waals surface area (Å²) < 4.78 is 5.13. The first-order chi connectivity index (χ1) is 9.35. The van der Waals surface area contributed by atoms with E-state index in [-0.39, 0.29) is 5.54 Å². The number of nitrogens with one attached hydrogen (secondary N) is 1. The van der Waals surface area contributed by atoms with Crippen LogP contribution in [0, 0.1) is 11.8 Å². The molecule has 1 fully saturated rings. The van der Waals surface area contributed by atoms with E-state index in [1.165, 1.54) is 19.3 Å². The van der Waals surface area contributed by atoms with E-state index in [2.05, 4.69) is 29.3 Å².